The minimum Gasteiger partial charge on any atom is -0.303 e. The zero-order valence-corrected chi connectivity index (χ0v) is 12.9. The molecular formula is C15H20F3N5. The average molecular weight is 327 g/mol. The van der Waals surface area contributed by atoms with Gasteiger partial charge >= 0.3 is 6.18 Å². The van der Waals surface area contributed by atoms with Gasteiger partial charge in [0.15, 0.2) is 0 Å². The molecule has 0 aliphatic heterocycles. The highest BCUT2D eigenvalue weighted by Gasteiger charge is 2.36. The third kappa shape index (κ3) is 3.74. The van der Waals surface area contributed by atoms with Gasteiger partial charge in [0.25, 0.3) is 0 Å². The van der Waals surface area contributed by atoms with E-state index in [1.165, 1.54) is 0 Å². The Morgan fingerprint density at radius 3 is 2.65 bits per heavy atom. The van der Waals surface area contributed by atoms with Crippen LogP contribution in [-0.2, 0) is 0 Å². The molecule has 1 saturated carbocycles. The van der Waals surface area contributed by atoms with E-state index in [-0.39, 0.29) is 6.04 Å². The second-order valence-corrected chi connectivity index (χ2v) is 6.36. The van der Waals surface area contributed by atoms with Crippen molar-refractivity contribution >= 4 is 0 Å². The van der Waals surface area contributed by atoms with Crippen LogP contribution in [0.2, 0.25) is 0 Å². The van der Waals surface area contributed by atoms with E-state index in [9.17, 15) is 13.2 Å². The van der Waals surface area contributed by atoms with Crippen molar-refractivity contribution in [3.63, 3.8) is 0 Å². The number of hydrogen-bond donors (Lipinski definition) is 1. The summed E-state index contributed by atoms with van der Waals surface area (Å²) in [6.07, 6.45) is 5.82. The molecule has 0 unspecified atom stereocenters. The van der Waals surface area contributed by atoms with Crippen molar-refractivity contribution in [1.29, 1.82) is 0 Å². The summed E-state index contributed by atoms with van der Waals surface area (Å²) >= 11 is 0. The van der Waals surface area contributed by atoms with Gasteiger partial charge in [0.05, 0.1) is 18.8 Å². The standard InChI is InChI=1S/C15H20F3N5/c1-14(20-10-15(16,17)18)5-2-12(3-6-14)23-13(4-7-21-23)22-9-8-19-11-22/h4,7-9,11-12,20H,2-3,5-6,10H2,1H3/t12-,14-. The number of alkyl halides is 3. The molecule has 0 radical (unpaired) electrons. The van der Waals surface area contributed by atoms with E-state index in [1.807, 2.05) is 28.4 Å². The van der Waals surface area contributed by atoms with Crippen LogP contribution in [0.4, 0.5) is 13.2 Å². The van der Waals surface area contributed by atoms with Crippen molar-refractivity contribution in [1.82, 2.24) is 24.6 Å². The van der Waals surface area contributed by atoms with E-state index < -0.39 is 18.3 Å². The predicted octanol–water partition coefficient (Wildman–Crippen LogP) is 3.09. The van der Waals surface area contributed by atoms with Crippen molar-refractivity contribution in [3.8, 4) is 5.82 Å². The van der Waals surface area contributed by atoms with Crippen molar-refractivity contribution in [3.05, 3.63) is 31.0 Å². The first-order valence-electron chi connectivity index (χ1n) is 7.70. The lowest BCUT2D eigenvalue weighted by Crippen LogP contribution is -2.49. The maximum Gasteiger partial charge on any atom is 0.401 e. The van der Waals surface area contributed by atoms with Crippen LogP contribution in [0.25, 0.3) is 5.82 Å². The van der Waals surface area contributed by atoms with Crippen LogP contribution in [0, 0.1) is 0 Å². The number of rotatable bonds is 4. The van der Waals surface area contributed by atoms with E-state index >= 15 is 0 Å². The third-order valence-electron chi connectivity index (χ3n) is 4.54. The van der Waals surface area contributed by atoms with Gasteiger partial charge in [-0.1, -0.05) is 0 Å². The molecule has 0 atom stereocenters. The van der Waals surface area contributed by atoms with Crippen LogP contribution < -0.4 is 5.32 Å². The lowest BCUT2D eigenvalue weighted by atomic mass is 9.81. The Morgan fingerprint density at radius 1 is 1.30 bits per heavy atom. The molecule has 0 amide bonds. The molecule has 0 aromatic carbocycles. The Balaban J connectivity index is 1.65. The maximum atomic E-state index is 12.4. The van der Waals surface area contributed by atoms with Crippen LogP contribution in [-0.4, -0.2) is 37.6 Å². The number of aromatic nitrogens is 4. The molecule has 1 aliphatic rings. The topological polar surface area (TPSA) is 47.7 Å². The van der Waals surface area contributed by atoms with Gasteiger partial charge in [0.2, 0.25) is 0 Å². The molecule has 2 aromatic heterocycles. The number of hydrogen-bond acceptors (Lipinski definition) is 3. The Labute approximate surface area is 132 Å². The zero-order valence-electron chi connectivity index (χ0n) is 12.9. The number of halogens is 3. The fraction of sp³-hybridized carbons (Fsp3) is 0.600. The zero-order chi connectivity index (χ0) is 16.5. The first-order valence-corrected chi connectivity index (χ1v) is 7.70. The van der Waals surface area contributed by atoms with Crippen LogP contribution in [0.1, 0.15) is 38.6 Å². The van der Waals surface area contributed by atoms with Crippen LogP contribution in [0.3, 0.4) is 0 Å². The minimum atomic E-state index is -4.17. The SMILES string of the molecule is C[C@]1(NCC(F)(F)F)CC[C@H](n2nccc2-n2ccnc2)CC1. The van der Waals surface area contributed by atoms with Gasteiger partial charge in [-0.25, -0.2) is 9.67 Å². The Hall–Kier alpha value is -1.83. The molecular weight excluding hydrogens is 307 g/mol. The summed E-state index contributed by atoms with van der Waals surface area (Å²) in [5.74, 6) is 0.930. The summed E-state index contributed by atoms with van der Waals surface area (Å²) in [7, 11) is 0. The molecule has 8 heteroatoms. The van der Waals surface area contributed by atoms with Crippen molar-refractivity contribution in [2.24, 2.45) is 0 Å². The molecule has 1 aliphatic carbocycles. The van der Waals surface area contributed by atoms with E-state index in [0.717, 1.165) is 18.7 Å². The third-order valence-corrected chi connectivity index (χ3v) is 4.54. The van der Waals surface area contributed by atoms with Gasteiger partial charge in [-0.2, -0.15) is 18.3 Å². The van der Waals surface area contributed by atoms with Crippen LogP contribution in [0.5, 0.6) is 0 Å². The lowest BCUT2D eigenvalue weighted by Gasteiger charge is -2.38. The highest BCUT2D eigenvalue weighted by Crippen LogP contribution is 2.36. The average Bonchev–Trinajstić information content (AvgIpc) is 3.16. The molecule has 2 heterocycles. The molecule has 3 rings (SSSR count). The number of imidazole rings is 1. The highest BCUT2D eigenvalue weighted by molar-refractivity contribution is 5.22. The van der Waals surface area contributed by atoms with E-state index in [0.29, 0.717) is 12.8 Å². The van der Waals surface area contributed by atoms with Crippen molar-refractivity contribution in [2.75, 3.05) is 6.54 Å². The van der Waals surface area contributed by atoms with E-state index in [4.69, 9.17) is 0 Å². The molecule has 23 heavy (non-hydrogen) atoms. The van der Waals surface area contributed by atoms with Crippen LogP contribution >= 0.6 is 0 Å². The Morgan fingerprint density at radius 2 is 2.04 bits per heavy atom. The first-order chi connectivity index (χ1) is 10.9. The predicted molar refractivity (Wildman–Crippen MR) is 79.3 cm³/mol. The summed E-state index contributed by atoms with van der Waals surface area (Å²) in [5.41, 5.74) is -0.464. The van der Waals surface area contributed by atoms with Crippen molar-refractivity contribution in [2.45, 2.75) is 50.4 Å². The van der Waals surface area contributed by atoms with Crippen LogP contribution in [0.15, 0.2) is 31.0 Å². The van der Waals surface area contributed by atoms with Gasteiger partial charge in [-0.05, 0) is 32.6 Å². The molecule has 0 saturated heterocycles. The minimum absolute atomic E-state index is 0.197. The fourth-order valence-electron chi connectivity index (χ4n) is 3.16. The van der Waals surface area contributed by atoms with Gasteiger partial charge in [-0.15, -0.1) is 0 Å². The summed E-state index contributed by atoms with van der Waals surface area (Å²) in [6, 6.07) is 2.11. The van der Waals surface area contributed by atoms with Gasteiger partial charge in [-0.3, -0.25) is 4.57 Å². The molecule has 126 valence electrons. The van der Waals surface area contributed by atoms with Crippen molar-refractivity contribution < 1.29 is 13.2 Å². The number of nitrogens with zero attached hydrogens (tertiary/aromatic N) is 4. The van der Waals surface area contributed by atoms with E-state index in [2.05, 4.69) is 15.4 Å². The van der Waals surface area contributed by atoms with Gasteiger partial charge in [0.1, 0.15) is 12.1 Å². The molecule has 5 nitrogen and oxygen atoms in total. The van der Waals surface area contributed by atoms with Gasteiger partial charge < -0.3 is 5.32 Å². The second kappa shape index (κ2) is 5.99. The summed E-state index contributed by atoms with van der Waals surface area (Å²) < 4.78 is 41.1. The lowest BCUT2D eigenvalue weighted by molar-refractivity contribution is -0.129. The summed E-state index contributed by atoms with van der Waals surface area (Å²) in [4.78, 5) is 4.04. The fourth-order valence-corrected chi connectivity index (χ4v) is 3.16. The largest absolute Gasteiger partial charge is 0.401 e. The molecule has 1 fully saturated rings. The van der Waals surface area contributed by atoms with E-state index in [1.54, 1.807) is 18.7 Å². The Kier molecular flexibility index (Phi) is 4.18. The first kappa shape index (κ1) is 16.0. The normalized spacial score (nSPS) is 25.7. The number of nitrogens with one attached hydrogen (secondary N) is 1. The smallest absolute Gasteiger partial charge is 0.303 e. The second-order valence-electron chi connectivity index (χ2n) is 6.36. The molecule has 2 aromatic rings. The monoisotopic (exact) mass is 327 g/mol. The Bertz CT molecular complexity index is 624. The highest BCUT2D eigenvalue weighted by atomic mass is 19.4. The molecule has 0 bridgehead atoms. The summed E-state index contributed by atoms with van der Waals surface area (Å²) in [5, 5.41) is 7.07. The molecule has 1 N–H and O–H groups in total. The molecule has 0 spiro atoms. The maximum absolute atomic E-state index is 12.4. The van der Waals surface area contributed by atoms with Gasteiger partial charge in [0, 0.05) is 24.0 Å². The quantitative estimate of drug-likeness (QED) is 0.939. The summed E-state index contributed by atoms with van der Waals surface area (Å²) in [6.45, 7) is 0.936.